The molecule has 2 amide bonds. The number of amides is 2. The van der Waals surface area contributed by atoms with Crippen LogP contribution in [-0.2, 0) is 6.61 Å². The predicted octanol–water partition coefficient (Wildman–Crippen LogP) is 4.44. The molecule has 0 bridgehead atoms. The van der Waals surface area contributed by atoms with Crippen LogP contribution in [0.4, 0.5) is 0 Å². The van der Waals surface area contributed by atoms with E-state index >= 15 is 0 Å². The third-order valence-corrected chi connectivity index (χ3v) is 6.04. The summed E-state index contributed by atoms with van der Waals surface area (Å²) in [5.41, 5.74) is 2.79. The molecule has 0 N–H and O–H groups in total. The van der Waals surface area contributed by atoms with E-state index in [9.17, 15) is 14.4 Å². The van der Waals surface area contributed by atoms with E-state index in [0.717, 1.165) is 16.3 Å². The van der Waals surface area contributed by atoms with Crippen molar-refractivity contribution in [2.45, 2.75) is 6.61 Å². The number of piperazine rings is 1. The Kier molecular flexibility index (Phi) is 7.19. The Morgan fingerprint density at radius 3 is 2.00 bits per heavy atom. The van der Waals surface area contributed by atoms with Crippen molar-refractivity contribution in [3.05, 3.63) is 99.5 Å². The molecule has 4 rings (SSSR count). The molecule has 0 atom stereocenters. The van der Waals surface area contributed by atoms with Gasteiger partial charge in [-0.1, -0.05) is 34.1 Å². The second kappa shape index (κ2) is 10.4. The average molecular weight is 507 g/mol. The quantitative estimate of drug-likeness (QED) is 0.463. The Morgan fingerprint density at radius 2 is 1.42 bits per heavy atom. The van der Waals surface area contributed by atoms with Crippen molar-refractivity contribution in [2.24, 2.45) is 0 Å². The van der Waals surface area contributed by atoms with Gasteiger partial charge in [0.05, 0.1) is 0 Å². The Bertz CT molecular complexity index is 1140. The minimum Gasteiger partial charge on any atom is -0.489 e. The molecule has 0 radical (unpaired) electrons. The number of hydrogen-bond acceptors (Lipinski definition) is 4. The number of benzene rings is 3. The van der Waals surface area contributed by atoms with Gasteiger partial charge in [-0.05, 0) is 60.2 Å². The normalized spacial score (nSPS) is 13.5. The Hall–Kier alpha value is -3.45. The number of hydrogen-bond donors (Lipinski definition) is 0. The van der Waals surface area contributed by atoms with Crippen LogP contribution in [0.5, 0.6) is 5.75 Å². The SMILES string of the molecule is O=Cc1ccc(OCc2ccc(C(=O)N3CCN(C(=O)c4cccc(Br)c4)CC3)cc2)cc1. The Labute approximate surface area is 200 Å². The van der Waals surface area contributed by atoms with Gasteiger partial charge in [0.25, 0.3) is 11.8 Å². The van der Waals surface area contributed by atoms with Crippen molar-refractivity contribution in [1.29, 1.82) is 0 Å². The first-order valence-electron chi connectivity index (χ1n) is 10.6. The lowest BCUT2D eigenvalue weighted by atomic mass is 10.1. The topological polar surface area (TPSA) is 66.9 Å². The zero-order chi connectivity index (χ0) is 23.2. The lowest BCUT2D eigenvalue weighted by Crippen LogP contribution is -2.50. The minimum atomic E-state index is -0.0403. The fraction of sp³-hybridized carbons (Fsp3) is 0.192. The van der Waals surface area contributed by atoms with E-state index in [-0.39, 0.29) is 11.8 Å². The first-order valence-corrected chi connectivity index (χ1v) is 11.4. The molecule has 1 fully saturated rings. The summed E-state index contributed by atoms with van der Waals surface area (Å²) >= 11 is 3.40. The van der Waals surface area contributed by atoms with E-state index < -0.39 is 0 Å². The summed E-state index contributed by atoms with van der Waals surface area (Å²) in [6.07, 6.45) is 0.791. The molecule has 6 nitrogen and oxygen atoms in total. The molecule has 33 heavy (non-hydrogen) atoms. The van der Waals surface area contributed by atoms with Crippen LogP contribution >= 0.6 is 15.9 Å². The van der Waals surface area contributed by atoms with Gasteiger partial charge >= 0.3 is 0 Å². The first-order chi connectivity index (χ1) is 16.0. The van der Waals surface area contributed by atoms with Gasteiger partial charge in [-0.15, -0.1) is 0 Å². The molecule has 0 aliphatic carbocycles. The van der Waals surface area contributed by atoms with Gasteiger partial charge < -0.3 is 14.5 Å². The van der Waals surface area contributed by atoms with Crippen LogP contribution in [0, 0.1) is 0 Å². The maximum atomic E-state index is 12.9. The summed E-state index contributed by atoms with van der Waals surface area (Å²) < 4.78 is 6.60. The first kappa shape index (κ1) is 22.7. The van der Waals surface area contributed by atoms with E-state index in [1.165, 1.54) is 0 Å². The van der Waals surface area contributed by atoms with Crippen molar-refractivity contribution in [3.63, 3.8) is 0 Å². The third-order valence-electron chi connectivity index (χ3n) is 5.55. The summed E-state index contributed by atoms with van der Waals surface area (Å²) in [7, 11) is 0. The number of nitrogens with zero attached hydrogens (tertiary/aromatic N) is 2. The lowest BCUT2D eigenvalue weighted by molar-refractivity contribution is 0.0535. The number of aldehydes is 1. The van der Waals surface area contributed by atoms with E-state index in [0.29, 0.717) is 55.2 Å². The average Bonchev–Trinajstić information content (AvgIpc) is 2.87. The Morgan fingerprint density at radius 1 is 0.818 bits per heavy atom. The van der Waals surface area contributed by atoms with E-state index in [1.807, 2.05) is 30.3 Å². The molecule has 7 heteroatoms. The predicted molar refractivity (Wildman–Crippen MR) is 129 cm³/mol. The zero-order valence-electron chi connectivity index (χ0n) is 17.9. The molecule has 1 heterocycles. The molecule has 1 aliphatic heterocycles. The molecular formula is C26H23BrN2O4. The molecule has 0 saturated carbocycles. The van der Waals surface area contributed by atoms with E-state index in [2.05, 4.69) is 15.9 Å². The number of ether oxygens (including phenoxy) is 1. The Balaban J connectivity index is 1.29. The molecule has 1 aliphatic rings. The van der Waals surface area contributed by atoms with Crippen LogP contribution in [0.15, 0.2) is 77.3 Å². The van der Waals surface area contributed by atoms with Gasteiger partial charge in [-0.2, -0.15) is 0 Å². The van der Waals surface area contributed by atoms with E-state index in [1.54, 1.807) is 52.3 Å². The van der Waals surface area contributed by atoms with Gasteiger partial charge in [-0.25, -0.2) is 0 Å². The van der Waals surface area contributed by atoms with Crippen LogP contribution in [0.2, 0.25) is 0 Å². The second-order valence-electron chi connectivity index (χ2n) is 7.77. The third kappa shape index (κ3) is 5.68. The van der Waals surface area contributed by atoms with Gasteiger partial charge in [0.15, 0.2) is 0 Å². The number of carbonyl (C=O) groups is 3. The highest BCUT2D eigenvalue weighted by atomic mass is 79.9. The summed E-state index contributed by atoms with van der Waals surface area (Å²) in [5.74, 6) is 0.617. The number of rotatable bonds is 6. The molecule has 1 saturated heterocycles. The van der Waals surface area contributed by atoms with Crippen LogP contribution in [-0.4, -0.2) is 54.1 Å². The van der Waals surface area contributed by atoms with E-state index in [4.69, 9.17) is 4.74 Å². The molecule has 168 valence electrons. The second-order valence-corrected chi connectivity index (χ2v) is 8.68. The smallest absolute Gasteiger partial charge is 0.254 e. The van der Waals surface area contributed by atoms with Gasteiger partial charge in [-0.3, -0.25) is 14.4 Å². The zero-order valence-corrected chi connectivity index (χ0v) is 19.5. The maximum Gasteiger partial charge on any atom is 0.254 e. The highest BCUT2D eigenvalue weighted by molar-refractivity contribution is 9.10. The van der Waals surface area contributed by atoms with Crippen LogP contribution in [0.25, 0.3) is 0 Å². The minimum absolute atomic E-state index is 0.0199. The fourth-order valence-corrected chi connectivity index (χ4v) is 4.05. The van der Waals surface area contributed by atoms with Crippen LogP contribution in [0.3, 0.4) is 0 Å². The standard InChI is InChI=1S/C26H23BrN2O4/c27-23-3-1-2-22(16-23)26(32)29-14-12-28(13-15-29)25(31)21-8-4-20(5-9-21)18-33-24-10-6-19(17-30)7-11-24/h1-11,16-17H,12-15,18H2. The van der Waals surface area contributed by atoms with Crippen molar-refractivity contribution in [1.82, 2.24) is 9.80 Å². The monoisotopic (exact) mass is 506 g/mol. The lowest BCUT2D eigenvalue weighted by Gasteiger charge is -2.35. The maximum absolute atomic E-state index is 12.9. The van der Waals surface area contributed by atoms with Gasteiger partial charge in [0, 0.05) is 47.3 Å². The summed E-state index contributed by atoms with van der Waals surface area (Å²) in [6.45, 7) is 2.38. The number of halogens is 1. The largest absolute Gasteiger partial charge is 0.489 e. The molecule has 3 aromatic rings. The molecule has 3 aromatic carbocycles. The van der Waals surface area contributed by atoms with Crippen molar-refractivity contribution in [2.75, 3.05) is 26.2 Å². The van der Waals surface area contributed by atoms with Gasteiger partial charge in [0.2, 0.25) is 0 Å². The number of carbonyl (C=O) groups excluding carboxylic acids is 3. The van der Waals surface area contributed by atoms with Crippen LogP contribution in [0.1, 0.15) is 36.6 Å². The van der Waals surface area contributed by atoms with Crippen LogP contribution < -0.4 is 4.74 Å². The van der Waals surface area contributed by atoms with Crippen molar-refractivity contribution < 1.29 is 19.1 Å². The molecular weight excluding hydrogens is 484 g/mol. The summed E-state index contributed by atoms with van der Waals surface area (Å²) in [5, 5.41) is 0. The highest BCUT2D eigenvalue weighted by Gasteiger charge is 2.25. The van der Waals surface area contributed by atoms with Gasteiger partial charge in [0.1, 0.15) is 18.6 Å². The van der Waals surface area contributed by atoms with Crippen molar-refractivity contribution >= 4 is 34.0 Å². The fourth-order valence-electron chi connectivity index (χ4n) is 3.65. The summed E-state index contributed by atoms with van der Waals surface area (Å²) in [6, 6.07) is 21.6. The molecule has 0 aromatic heterocycles. The van der Waals surface area contributed by atoms with Crippen molar-refractivity contribution in [3.8, 4) is 5.75 Å². The summed E-state index contributed by atoms with van der Waals surface area (Å²) in [4.78, 5) is 39.9. The molecule has 0 unspecified atom stereocenters. The molecule has 0 spiro atoms. The highest BCUT2D eigenvalue weighted by Crippen LogP contribution is 2.17.